The van der Waals surface area contributed by atoms with Crippen LogP contribution in [0.4, 0.5) is 0 Å². The van der Waals surface area contributed by atoms with Crippen molar-refractivity contribution in [1.29, 1.82) is 0 Å². The van der Waals surface area contributed by atoms with E-state index in [9.17, 15) is 9.59 Å². The Kier molecular flexibility index (Phi) is 39.7. The average molecular weight is 593 g/mol. The van der Waals surface area contributed by atoms with Gasteiger partial charge in [-0.15, -0.1) is 0 Å². The smallest absolute Gasteiger partial charge is 0.303 e. The molecule has 0 aromatic heterocycles. The molecule has 0 amide bonds. The van der Waals surface area contributed by atoms with Gasteiger partial charge in [-0.3, -0.25) is 9.59 Å². The molecule has 0 rings (SSSR count). The molecule has 0 atom stereocenters. The van der Waals surface area contributed by atoms with Crippen LogP contribution in [0.25, 0.3) is 0 Å². The van der Waals surface area contributed by atoms with Gasteiger partial charge in [-0.05, 0) is 12.8 Å². The number of hydrogen-bond acceptors (Lipinski definition) is 6. The number of carboxylic acid groups (broad SMARTS) is 2. The first-order chi connectivity index (χ1) is 19.8. The Balaban J connectivity index is -0.000000551. The summed E-state index contributed by atoms with van der Waals surface area (Å²) in [6.07, 6.45) is 28.7. The molecule has 0 heterocycles. The van der Waals surface area contributed by atoms with E-state index in [0.717, 1.165) is 25.7 Å². The Hall–Kier alpha value is -1.22. The maximum Gasteiger partial charge on any atom is 0.303 e. The minimum Gasteiger partial charge on any atom is -0.481 e. The SMILES string of the molecule is CCCCCCCCCCCCCC(=O)O.CCCCCCCCCCCCCC(=O)O.OCC(CO)(CO)CO. The van der Waals surface area contributed by atoms with Crippen molar-refractivity contribution in [1.82, 2.24) is 0 Å². The van der Waals surface area contributed by atoms with Crippen molar-refractivity contribution in [2.75, 3.05) is 26.4 Å². The molecule has 0 radical (unpaired) electrons. The molecule has 0 aromatic rings. The van der Waals surface area contributed by atoms with Gasteiger partial charge in [0.1, 0.15) is 0 Å². The van der Waals surface area contributed by atoms with Crippen molar-refractivity contribution in [2.45, 2.75) is 168 Å². The predicted molar refractivity (Wildman–Crippen MR) is 168 cm³/mol. The van der Waals surface area contributed by atoms with Gasteiger partial charge < -0.3 is 30.6 Å². The molecule has 8 nitrogen and oxygen atoms in total. The Labute approximate surface area is 252 Å². The highest BCUT2D eigenvalue weighted by atomic mass is 16.4. The number of carboxylic acids is 2. The lowest BCUT2D eigenvalue weighted by Crippen LogP contribution is -2.37. The summed E-state index contributed by atoms with van der Waals surface area (Å²) in [5, 5.41) is 50.9. The van der Waals surface area contributed by atoms with Crippen LogP contribution in [-0.4, -0.2) is 69.0 Å². The summed E-state index contributed by atoms with van der Waals surface area (Å²) in [5.41, 5.74) is -1.11. The van der Waals surface area contributed by atoms with Gasteiger partial charge >= 0.3 is 11.9 Å². The molecule has 0 bridgehead atoms. The van der Waals surface area contributed by atoms with Crippen molar-refractivity contribution in [3.05, 3.63) is 0 Å². The molecular weight excluding hydrogens is 524 g/mol. The largest absolute Gasteiger partial charge is 0.481 e. The zero-order valence-corrected chi connectivity index (χ0v) is 26.8. The van der Waals surface area contributed by atoms with Crippen LogP contribution in [0, 0.1) is 5.41 Å². The van der Waals surface area contributed by atoms with Crippen LogP contribution in [0.3, 0.4) is 0 Å². The fraction of sp³-hybridized carbons (Fsp3) is 0.939. The zero-order chi connectivity index (χ0) is 31.5. The maximum absolute atomic E-state index is 10.3. The fourth-order valence-electron chi connectivity index (χ4n) is 4.18. The first-order valence-corrected chi connectivity index (χ1v) is 16.7. The first-order valence-electron chi connectivity index (χ1n) is 16.7. The van der Waals surface area contributed by atoms with Crippen LogP contribution in [0.5, 0.6) is 0 Å². The van der Waals surface area contributed by atoms with Crippen LogP contribution in [0.1, 0.15) is 168 Å². The highest BCUT2D eigenvalue weighted by molar-refractivity contribution is 5.66. The van der Waals surface area contributed by atoms with E-state index in [1.807, 2.05) is 0 Å². The summed E-state index contributed by atoms with van der Waals surface area (Å²) in [7, 11) is 0. The van der Waals surface area contributed by atoms with E-state index in [-0.39, 0.29) is 0 Å². The summed E-state index contributed by atoms with van der Waals surface area (Å²) >= 11 is 0. The van der Waals surface area contributed by atoms with Gasteiger partial charge in [0.15, 0.2) is 0 Å². The average Bonchev–Trinajstić information content (AvgIpc) is 2.96. The van der Waals surface area contributed by atoms with Gasteiger partial charge in [0.25, 0.3) is 0 Å². The molecule has 8 heteroatoms. The highest BCUT2D eigenvalue weighted by Crippen LogP contribution is 2.13. The van der Waals surface area contributed by atoms with Gasteiger partial charge in [-0.2, -0.15) is 0 Å². The van der Waals surface area contributed by atoms with E-state index < -0.39 is 43.8 Å². The highest BCUT2D eigenvalue weighted by Gasteiger charge is 2.26. The molecule has 0 fully saturated rings. The van der Waals surface area contributed by atoms with Gasteiger partial charge in [0.05, 0.1) is 31.8 Å². The molecule has 0 aliphatic carbocycles. The molecular formula is C33H68O8. The molecule has 0 saturated carbocycles. The van der Waals surface area contributed by atoms with E-state index in [1.54, 1.807) is 0 Å². The number of hydrogen-bond donors (Lipinski definition) is 6. The molecule has 0 spiro atoms. The van der Waals surface area contributed by atoms with Gasteiger partial charge in [0.2, 0.25) is 0 Å². The van der Waals surface area contributed by atoms with Crippen LogP contribution >= 0.6 is 0 Å². The molecule has 0 aliphatic heterocycles. The normalized spacial score (nSPS) is 10.9. The number of unbranched alkanes of at least 4 members (excludes halogenated alkanes) is 20. The van der Waals surface area contributed by atoms with Gasteiger partial charge in [0, 0.05) is 12.8 Å². The van der Waals surface area contributed by atoms with E-state index in [1.165, 1.54) is 116 Å². The van der Waals surface area contributed by atoms with Crippen LogP contribution in [0.2, 0.25) is 0 Å². The van der Waals surface area contributed by atoms with E-state index in [4.69, 9.17) is 30.6 Å². The third kappa shape index (κ3) is 38.8. The molecule has 0 aliphatic rings. The molecule has 6 N–H and O–H groups in total. The summed E-state index contributed by atoms with van der Waals surface area (Å²) in [6.45, 7) is 2.87. The summed E-state index contributed by atoms with van der Waals surface area (Å²) < 4.78 is 0. The quantitative estimate of drug-likeness (QED) is 0.0511. The Morgan fingerprint density at radius 1 is 0.390 bits per heavy atom. The minimum absolute atomic E-state index is 0.344. The number of aliphatic hydroxyl groups excluding tert-OH is 4. The van der Waals surface area contributed by atoms with Crippen molar-refractivity contribution < 1.29 is 40.2 Å². The molecule has 41 heavy (non-hydrogen) atoms. The summed E-state index contributed by atoms with van der Waals surface area (Å²) in [6, 6.07) is 0. The number of aliphatic hydroxyl groups is 4. The zero-order valence-electron chi connectivity index (χ0n) is 26.8. The van der Waals surface area contributed by atoms with E-state index >= 15 is 0 Å². The van der Waals surface area contributed by atoms with Crippen molar-refractivity contribution in [3.63, 3.8) is 0 Å². The lowest BCUT2D eigenvalue weighted by Gasteiger charge is -2.23. The minimum atomic E-state index is -1.11. The van der Waals surface area contributed by atoms with Crippen LogP contribution in [-0.2, 0) is 9.59 Å². The molecule has 0 saturated heterocycles. The van der Waals surface area contributed by atoms with Crippen LogP contribution in [0.15, 0.2) is 0 Å². The van der Waals surface area contributed by atoms with E-state index in [0.29, 0.717) is 12.8 Å². The Morgan fingerprint density at radius 3 is 0.732 bits per heavy atom. The maximum atomic E-state index is 10.3. The fourth-order valence-corrected chi connectivity index (χ4v) is 4.18. The van der Waals surface area contributed by atoms with Crippen molar-refractivity contribution in [2.24, 2.45) is 5.41 Å². The lowest BCUT2D eigenvalue weighted by molar-refractivity contribution is -0.138. The first kappa shape index (κ1) is 44.2. The van der Waals surface area contributed by atoms with Crippen LogP contribution < -0.4 is 0 Å². The third-order valence-electron chi connectivity index (χ3n) is 7.33. The monoisotopic (exact) mass is 592 g/mol. The molecule has 0 unspecified atom stereocenters. The molecule has 248 valence electrons. The van der Waals surface area contributed by atoms with Crippen molar-refractivity contribution in [3.8, 4) is 0 Å². The van der Waals surface area contributed by atoms with E-state index in [2.05, 4.69) is 13.8 Å². The predicted octanol–water partition coefficient (Wildman–Crippen LogP) is 7.49. The Bertz CT molecular complexity index is 470. The second-order valence-corrected chi connectivity index (χ2v) is 11.5. The number of rotatable bonds is 28. The number of aliphatic carboxylic acids is 2. The summed E-state index contributed by atoms with van der Waals surface area (Å²) in [5.74, 6) is -1.31. The van der Waals surface area contributed by atoms with Gasteiger partial charge in [-0.25, -0.2) is 0 Å². The van der Waals surface area contributed by atoms with Crippen molar-refractivity contribution >= 4 is 11.9 Å². The van der Waals surface area contributed by atoms with Gasteiger partial charge in [-0.1, -0.05) is 142 Å². The second-order valence-electron chi connectivity index (χ2n) is 11.5. The number of carbonyl (C=O) groups is 2. The topological polar surface area (TPSA) is 156 Å². The lowest BCUT2D eigenvalue weighted by atomic mass is 9.93. The Morgan fingerprint density at radius 2 is 0.585 bits per heavy atom. The standard InChI is InChI=1S/2C14H28O2.C5H12O4/c2*1-2-3-4-5-6-7-8-9-10-11-12-13-14(15)16;6-1-5(2-7,3-8)4-9/h2*2-13H2,1H3,(H,15,16);6-9H,1-4H2. The summed E-state index contributed by atoms with van der Waals surface area (Å²) in [4.78, 5) is 20.5. The molecule has 0 aromatic carbocycles. The second kappa shape index (κ2) is 36.8. The third-order valence-corrected chi connectivity index (χ3v) is 7.33.